The highest BCUT2D eigenvalue weighted by Gasteiger charge is 2.26. The molecule has 3 aromatic rings. The molecule has 0 aliphatic carbocycles. The number of likely N-dealkylation sites (tertiary alicyclic amines) is 1. The van der Waals surface area contributed by atoms with Crippen LogP contribution in [0.4, 0.5) is 0 Å². The highest BCUT2D eigenvalue weighted by atomic mass is 16.5. The fourth-order valence-corrected chi connectivity index (χ4v) is 4.37. The second kappa shape index (κ2) is 11.1. The van der Waals surface area contributed by atoms with Gasteiger partial charge in [0.2, 0.25) is 5.89 Å². The molecule has 1 aliphatic rings. The Morgan fingerprint density at radius 2 is 1.91 bits per heavy atom. The van der Waals surface area contributed by atoms with Crippen LogP contribution in [0.1, 0.15) is 42.1 Å². The van der Waals surface area contributed by atoms with Gasteiger partial charge in [0.15, 0.2) is 17.3 Å². The molecule has 1 atom stereocenters. The predicted molar refractivity (Wildman–Crippen MR) is 124 cm³/mol. The second-order valence-electron chi connectivity index (χ2n) is 8.50. The van der Waals surface area contributed by atoms with Gasteiger partial charge in [-0.05, 0) is 49.1 Å². The number of carbonyl (C=O) groups is 1. The highest BCUT2D eigenvalue weighted by Crippen LogP contribution is 2.28. The Morgan fingerprint density at radius 3 is 2.70 bits per heavy atom. The van der Waals surface area contributed by atoms with Gasteiger partial charge in [-0.15, -0.1) is 0 Å². The fraction of sp³-hybridized carbons (Fsp3) is 0.423. The molecule has 1 saturated heterocycles. The van der Waals surface area contributed by atoms with Gasteiger partial charge in [0.1, 0.15) is 5.78 Å². The van der Waals surface area contributed by atoms with Crippen LogP contribution in [0, 0.1) is 5.92 Å². The van der Waals surface area contributed by atoms with E-state index in [0.717, 1.165) is 37.9 Å². The lowest BCUT2D eigenvalue weighted by Crippen LogP contribution is -2.38. The lowest BCUT2D eigenvalue weighted by Gasteiger charge is -2.30. The van der Waals surface area contributed by atoms with Gasteiger partial charge in [-0.25, -0.2) is 0 Å². The largest absolute Gasteiger partial charge is 0.493 e. The summed E-state index contributed by atoms with van der Waals surface area (Å²) in [6, 6.07) is 16.0. The lowest BCUT2D eigenvalue weighted by atomic mass is 9.90. The Hall–Kier alpha value is -3.19. The molecule has 1 aromatic heterocycles. The molecule has 7 nitrogen and oxygen atoms in total. The van der Waals surface area contributed by atoms with Gasteiger partial charge in [0.25, 0.3) is 0 Å². The third-order valence-corrected chi connectivity index (χ3v) is 6.14. The molecule has 2 heterocycles. The van der Waals surface area contributed by atoms with E-state index in [2.05, 4.69) is 27.2 Å². The van der Waals surface area contributed by atoms with Gasteiger partial charge in [-0.2, -0.15) is 4.98 Å². The number of carbonyl (C=O) groups excluding carboxylic acids is 1. The maximum Gasteiger partial charge on any atom is 0.240 e. The fourth-order valence-electron chi connectivity index (χ4n) is 4.37. The first-order valence-electron chi connectivity index (χ1n) is 11.5. The van der Waals surface area contributed by atoms with Crippen molar-refractivity contribution >= 4 is 5.78 Å². The summed E-state index contributed by atoms with van der Waals surface area (Å²) in [5, 5.41) is 4.14. The van der Waals surface area contributed by atoms with E-state index in [0.29, 0.717) is 48.4 Å². The van der Waals surface area contributed by atoms with Crippen LogP contribution in [0.2, 0.25) is 0 Å². The SMILES string of the molecule is COc1ccc(Cc2noc(CN3CCCC(C(=O)CCc4ccccc4)C3)n2)cc1OC. The highest BCUT2D eigenvalue weighted by molar-refractivity contribution is 5.81. The van der Waals surface area contributed by atoms with Crippen molar-refractivity contribution in [3.05, 3.63) is 71.4 Å². The van der Waals surface area contributed by atoms with Crippen molar-refractivity contribution in [2.75, 3.05) is 27.3 Å². The number of piperidine rings is 1. The van der Waals surface area contributed by atoms with E-state index in [1.165, 1.54) is 5.56 Å². The number of rotatable bonds is 10. The first kappa shape index (κ1) is 23.0. The van der Waals surface area contributed by atoms with Crippen molar-refractivity contribution in [3.8, 4) is 11.5 Å². The van der Waals surface area contributed by atoms with Crippen molar-refractivity contribution in [1.29, 1.82) is 0 Å². The molecule has 1 fully saturated rings. The number of hydrogen-bond donors (Lipinski definition) is 0. The molecule has 2 aromatic carbocycles. The zero-order chi connectivity index (χ0) is 23.0. The summed E-state index contributed by atoms with van der Waals surface area (Å²) >= 11 is 0. The normalized spacial score (nSPS) is 16.5. The van der Waals surface area contributed by atoms with Gasteiger partial charge >= 0.3 is 0 Å². The molecule has 33 heavy (non-hydrogen) atoms. The number of benzene rings is 2. The topological polar surface area (TPSA) is 77.7 Å². The summed E-state index contributed by atoms with van der Waals surface area (Å²) < 4.78 is 16.2. The van der Waals surface area contributed by atoms with Crippen LogP contribution in [0.15, 0.2) is 53.1 Å². The van der Waals surface area contributed by atoms with Crippen molar-refractivity contribution in [1.82, 2.24) is 15.0 Å². The van der Waals surface area contributed by atoms with Gasteiger partial charge in [-0.3, -0.25) is 9.69 Å². The zero-order valence-electron chi connectivity index (χ0n) is 19.3. The summed E-state index contributed by atoms with van der Waals surface area (Å²) in [4.78, 5) is 19.6. The standard InChI is InChI=1S/C26H31N3O4/c1-31-23-13-11-20(15-24(23)32-2)16-25-27-26(33-28-25)18-29-14-6-9-21(17-29)22(30)12-10-19-7-4-3-5-8-19/h3-5,7-8,11,13,15,21H,6,9-10,12,14,16-18H2,1-2H3. The van der Waals surface area contributed by atoms with Crippen LogP contribution < -0.4 is 9.47 Å². The minimum atomic E-state index is 0.0802. The van der Waals surface area contributed by atoms with E-state index in [4.69, 9.17) is 14.0 Å². The second-order valence-corrected chi connectivity index (χ2v) is 8.50. The van der Waals surface area contributed by atoms with Gasteiger partial charge in [-0.1, -0.05) is 41.6 Å². The maximum absolute atomic E-state index is 12.8. The van der Waals surface area contributed by atoms with Crippen LogP contribution >= 0.6 is 0 Å². The van der Waals surface area contributed by atoms with E-state index >= 15 is 0 Å². The smallest absolute Gasteiger partial charge is 0.240 e. The van der Waals surface area contributed by atoms with Crippen molar-refractivity contribution in [3.63, 3.8) is 0 Å². The maximum atomic E-state index is 12.8. The summed E-state index contributed by atoms with van der Waals surface area (Å²) in [5.74, 6) is 3.01. The summed E-state index contributed by atoms with van der Waals surface area (Å²) in [5.41, 5.74) is 2.23. The van der Waals surface area contributed by atoms with E-state index in [1.54, 1.807) is 14.2 Å². The van der Waals surface area contributed by atoms with E-state index < -0.39 is 0 Å². The molecular weight excluding hydrogens is 418 g/mol. The van der Waals surface area contributed by atoms with Crippen molar-refractivity contribution < 1.29 is 18.8 Å². The number of nitrogens with zero attached hydrogens (tertiary/aromatic N) is 3. The molecule has 0 spiro atoms. The zero-order valence-corrected chi connectivity index (χ0v) is 19.3. The van der Waals surface area contributed by atoms with E-state index in [-0.39, 0.29) is 5.92 Å². The first-order valence-corrected chi connectivity index (χ1v) is 11.5. The Balaban J connectivity index is 1.30. The minimum absolute atomic E-state index is 0.0802. The lowest BCUT2D eigenvalue weighted by molar-refractivity contribution is -0.124. The van der Waals surface area contributed by atoms with Crippen LogP contribution in [0.3, 0.4) is 0 Å². The molecule has 1 aliphatic heterocycles. The van der Waals surface area contributed by atoms with E-state index in [9.17, 15) is 4.79 Å². The Labute approximate surface area is 194 Å². The van der Waals surface area contributed by atoms with Gasteiger partial charge in [0.05, 0.1) is 20.8 Å². The number of aromatic nitrogens is 2. The Kier molecular flexibility index (Phi) is 7.73. The average Bonchev–Trinajstić information content (AvgIpc) is 3.29. The quantitative estimate of drug-likeness (QED) is 0.461. The molecule has 1 unspecified atom stereocenters. The summed E-state index contributed by atoms with van der Waals surface area (Å²) in [6.45, 7) is 2.26. The Morgan fingerprint density at radius 1 is 1.09 bits per heavy atom. The van der Waals surface area contributed by atoms with Crippen LogP contribution in [0.25, 0.3) is 0 Å². The number of aryl methyl sites for hydroxylation is 1. The van der Waals surface area contributed by atoms with Crippen LogP contribution in [-0.4, -0.2) is 48.1 Å². The molecule has 4 rings (SSSR count). The molecule has 174 valence electrons. The first-order chi connectivity index (χ1) is 16.1. The van der Waals surface area contributed by atoms with E-state index in [1.807, 2.05) is 36.4 Å². The molecule has 0 amide bonds. The Bertz CT molecular complexity index is 1050. The van der Waals surface area contributed by atoms with Crippen molar-refractivity contribution in [2.45, 2.75) is 38.6 Å². The monoisotopic (exact) mass is 449 g/mol. The average molecular weight is 450 g/mol. The number of ketones is 1. The van der Waals surface area contributed by atoms with Gasteiger partial charge < -0.3 is 14.0 Å². The molecular formula is C26H31N3O4. The molecule has 0 saturated carbocycles. The molecule has 0 bridgehead atoms. The predicted octanol–water partition coefficient (Wildman–Crippen LogP) is 4.09. The van der Waals surface area contributed by atoms with Crippen molar-refractivity contribution in [2.24, 2.45) is 5.92 Å². The number of hydrogen-bond acceptors (Lipinski definition) is 7. The summed E-state index contributed by atoms with van der Waals surface area (Å²) in [6.07, 6.45) is 3.91. The van der Waals surface area contributed by atoms with Crippen LogP contribution in [0.5, 0.6) is 11.5 Å². The molecule has 0 radical (unpaired) electrons. The molecule has 0 N–H and O–H groups in total. The number of Topliss-reactive ketones (excluding diaryl/α,β-unsaturated/α-hetero) is 1. The van der Waals surface area contributed by atoms with Crippen LogP contribution in [-0.2, 0) is 24.2 Å². The third-order valence-electron chi connectivity index (χ3n) is 6.14. The van der Waals surface area contributed by atoms with Gasteiger partial charge in [0, 0.05) is 25.3 Å². The third kappa shape index (κ3) is 6.20. The summed E-state index contributed by atoms with van der Waals surface area (Å²) in [7, 11) is 3.23. The minimum Gasteiger partial charge on any atom is -0.493 e. The number of methoxy groups -OCH3 is 2. The number of ether oxygens (including phenoxy) is 2. The molecule has 7 heteroatoms.